The molecule has 9 heteroatoms. The van der Waals surface area contributed by atoms with Gasteiger partial charge in [0.05, 0.1) is 4.34 Å². The van der Waals surface area contributed by atoms with Crippen molar-refractivity contribution < 1.29 is 13.2 Å². The second-order valence-corrected chi connectivity index (χ2v) is 9.47. The average Bonchev–Trinajstić information content (AvgIpc) is 2.95. The molecule has 0 radical (unpaired) electrons. The molecule has 6 nitrogen and oxygen atoms in total. The highest BCUT2D eigenvalue weighted by atomic mass is 35.5. The minimum atomic E-state index is -3.51. The summed E-state index contributed by atoms with van der Waals surface area (Å²) >= 11 is 6.87. The Morgan fingerprint density at radius 1 is 1.35 bits per heavy atom. The third-order valence-electron chi connectivity index (χ3n) is 3.76. The van der Waals surface area contributed by atoms with Crippen LogP contribution in [0.1, 0.15) is 26.7 Å². The largest absolute Gasteiger partial charge is 0.336 e. The lowest BCUT2D eigenvalue weighted by molar-refractivity contribution is 0.169. The van der Waals surface area contributed by atoms with Crippen LogP contribution in [0.15, 0.2) is 16.3 Å². The molecule has 1 unspecified atom stereocenters. The van der Waals surface area contributed by atoms with Gasteiger partial charge in [-0.05, 0) is 25.5 Å². The van der Waals surface area contributed by atoms with E-state index < -0.39 is 10.0 Å². The number of halogens is 1. The number of nitrogens with one attached hydrogen (secondary N) is 1. The lowest BCUT2D eigenvalue weighted by atomic mass is 10.2. The number of urea groups is 1. The van der Waals surface area contributed by atoms with E-state index >= 15 is 0 Å². The van der Waals surface area contributed by atoms with Crippen LogP contribution in [-0.4, -0.2) is 55.9 Å². The molecule has 0 saturated carbocycles. The smallest absolute Gasteiger partial charge is 0.317 e. The van der Waals surface area contributed by atoms with Crippen molar-refractivity contribution in [1.29, 1.82) is 0 Å². The molecule has 0 aliphatic carbocycles. The summed E-state index contributed by atoms with van der Waals surface area (Å²) in [6, 6.07) is 3.11. The average molecular weight is 380 g/mol. The second kappa shape index (κ2) is 7.83. The predicted octanol–water partition coefficient (Wildman–Crippen LogP) is 2.61. The van der Waals surface area contributed by atoms with Crippen LogP contribution in [0.3, 0.4) is 0 Å². The van der Waals surface area contributed by atoms with Crippen LogP contribution in [0.2, 0.25) is 4.34 Å². The molecule has 1 aromatic rings. The van der Waals surface area contributed by atoms with E-state index in [0.717, 1.165) is 24.2 Å². The fourth-order valence-corrected chi connectivity index (χ4v) is 5.56. The monoisotopic (exact) mass is 379 g/mol. The van der Waals surface area contributed by atoms with Crippen LogP contribution >= 0.6 is 22.9 Å². The van der Waals surface area contributed by atoms with Gasteiger partial charge in [0.25, 0.3) is 10.0 Å². The normalized spacial score (nSPS) is 18.0. The molecule has 1 saturated heterocycles. The SMILES string of the molecule is CCCC(C)NC(=O)N1CCN(S(=O)(=O)c2ccc(Cl)s2)CC1. The quantitative estimate of drug-likeness (QED) is 0.854. The molecule has 1 N–H and O–H groups in total. The molecule has 130 valence electrons. The van der Waals surface area contributed by atoms with Crippen molar-refractivity contribution in [3.05, 3.63) is 16.5 Å². The fraction of sp³-hybridized carbons (Fsp3) is 0.643. The highest BCUT2D eigenvalue weighted by Gasteiger charge is 2.31. The number of rotatable bonds is 5. The number of sulfonamides is 1. The maximum atomic E-state index is 12.5. The van der Waals surface area contributed by atoms with Gasteiger partial charge in [0.2, 0.25) is 0 Å². The highest BCUT2D eigenvalue weighted by Crippen LogP contribution is 2.28. The van der Waals surface area contributed by atoms with Crippen molar-refractivity contribution in [3.8, 4) is 0 Å². The Hall–Kier alpha value is -0.830. The molecule has 1 atom stereocenters. The maximum absolute atomic E-state index is 12.5. The summed E-state index contributed by atoms with van der Waals surface area (Å²) in [6.45, 7) is 5.43. The molecule has 1 aliphatic rings. The molecule has 2 amide bonds. The van der Waals surface area contributed by atoms with Gasteiger partial charge in [0, 0.05) is 32.2 Å². The van der Waals surface area contributed by atoms with Crippen LogP contribution < -0.4 is 5.32 Å². The first kappa shape index (κ1) is 18.5. The molecule has 1 aromatic heterocycles. The van der Waals surface area contributed by atoms with Crippen molar-refractivity contribution in [2.75, 3.05) is 26.2 Å². The van der Waals surface area contributed by atoms with E-state index in [1.807, 2.05) is 6.92 Å². The van der Waals surface area contributed by atoms with Gasteiger partial charge in [0.1, 0.15) is 4.21 Å². The summed E-state index contributed by atoms with van der Waals surface area (Å²) in [4.78, 5) is 13.8. The van der Waals surface area contributed by atoms with Crippen LogP contribution in [0, 0.1) is 0 Å². The lowest BCUT2D eigenvalue weighted by Gasteiger charge is -2.34. The van der Waals surface area contributed by atoms with Crippen molar-refractivity contribution in [3.63, 3.8) is 0 Å². The van der Waals surface area contributed by atoms with Crippen LogP contribution in [0.5, 0.6) is 0 Å². The third kappa shape index (κ3) is 4.59. The Balaban J connectivity index is 1.92. The molecule has 1 aliphatic heterocycles. The second-order valence-electron chi connectivity index (χ2n) is 5.59. The van der Waals surface area contributed by atoms with Crippen molar-refractivity contribution in [2.45, 2.75) is 36.9 Å². The molecular weight excluding hydrogens is 358 g/mol. The molecule has 1 fully saturated rings. The molecule has 23 heavy (non-hydrogen) atoms. The minimum Gasteiger partial charge on any atom is -0.336 e. The van der Waals surface area contributed by atoms with Gasteiger partial charge in [-0.1, -0.05) is 24.9 Å². The number of carbonyl (C=O) groups is 1. The first-order chi connectivity index (χ1) is 10.8. The number of carbonyl (C=O) groups excluding carboxylic acids is 1. The molecule has 0 aromatic carbocycles. The molecule has 2 heterocycles. The van der Waals surface area contributed by atoms with Gasteiger partial charge in [-0.15, -0.1) is 11.3 Å². The molecular formula is C14H22ClN3O3S2. The first-order valence-corrected chi connectivity index (χ1v) is 10.3. The summed E-state index contributed by atoms with van der Waals surface area (Å²) in [6.07, 6.45) is 1.94. The Kier molecular flexibility index (Phi) is 6.30. The van der Waals surface area contributed by atoms with Gasteiger partial charge in [-0.25, -0.2) is 13.2 Å². The van der Waals surface area contributed by atoms with E-state index in [4.69, 9.17) is 11.6 Å². The van der Waals surface area contributed by atoms with Gasteiger partial charge in [0.15, 0.2) is 0 Å². The zero-order valence-corrected chi connectivity index (χ0v) is 15.7. The van der Waals surface area contributed by atoms with Gasteiger partial charge in [-0.3, -0.25) is 0 Å². The molecule has 0 spiro atoms. The van der Waals surface area contributed by atoms with Crippen LogP contribution in [0.25, 0.3) is 0 Å². The molecule has 2 rings (SSSR count). The van der Waals surface area contributed by atoms with Crippen LogP contribution in [-0.2, 0) is 10.0 Å². The van der Waals surface area contributed by atoms with E-state index in [0.29, 0.717) is 30.5 Å². The van der Waals surface area contributed by atoms with E-state index in [2.05, 4.69) is 12.2 Å². The zero-order chi connectivity index (χ0) is 17.0. The van der Waals surface area contributed by atoms with E-state index in [1.165, 1.54) is 10.4 Å². The van der Waals surface area contributed by atoms with E-state index in [9.17, 15) is 13.2 Å². The van der Waals surface area contributed by atoms with Crippen molar-refractivity contribution >= 4 is 39.0 Å². The van der Waals surface area contributed by atoms with Crippen molar-refractivity contribution in [2.24, 2.45) is 0 Å². The summed E-state index contributed by atoms with van der Waals surface area (Å²) < 4.78 is 27.1. The lowest BCUT2D eigenvalue weighted by Crippen LogP contribution is -2.54. The van der Waals surface area contributed by atoms with Gasteiger partial charge in [-0.2, -0.15) is 4.31 Å². The minimum absolute atomic E-state index is 0.123. The number of amides is 2. The number of hydrogen-bond acceptors (Lipinski definition) is 4. The van der Waals surface area contributed by atoms with Crippen LogP contribution in [0.4, 0.5) is 4.79 Å². The van der Waals surface area contributed by atoms with Crippen molar-refractivity contribution in [1.82, 2.24) is 14.5 Å². The Morgan fingerprint density at radius 3 is 2.52 bits per heavy atom. The van der Waals surface area contributed by atoms with Gasteiger partial charge >= 0.3 is 6.03 Å². The Labute approximate surface area is 146 Å². The highest BCUT2D eigenvalue weighted by molar-refractivity contribution is 7.91. The van der Waals surface area contributed by atoms with Gasteiger partial charge < -0.3 is 10.2 Å². The number of nitrogens with zero attached hydrogens (tertiary/aromatic N) is 2. The fourth-order valence-electron chi connectivity index (χ4n) is 2.50. The summed E-state index contributed by atoms with van der Waals surface area (Å²) in [5.74, 6) is 0. The zero-order valence-electron chi connectivity index (χ0n) is 13.3. The summed E-state index contributed by atoms with van der Waals surface area (Å²) in [5, 5.41) is 2.94. The van der Waals surface area contributed by atoms with E-state index in [-0.39, 0.29) is 16.3 Å². The number of hydrogen-bond donors (Lipinski definition) is 1. The summed E-state index contributed by atoms with van der Waals surface area (Å²) in [5.41, 5.74) is 0. The predicted molar refractivity (Wildman–Crippen MR) is 92.6 cm³/mol. The topological polar surface area (TPSA) is 69.7 Å². The standard InChI is InChI=1S/C14H22ClN3O3S2/c1-3-4-11(2)16-14(19)17-7-9-18(10-8-17)23(20,21)13-6-5-12(15)22-13/h5-6,11H,3-4,7-10H2,1-2H3,(H,16,19). The number of piperazine rings is 1. The first-order valence-electron chi connectivity index (χ1n) is 7.65. The summed E-state index contributed by atoms with van der Waals surface area (Å²) in [7, 11) is -3.51. The Morgan fingerprint density at radius 2 is 2.00 bits per heavy atom. The molecule has 0 bridgehead atoms. The number of thiophene rings is 1. The van der Waals surface area contributed by atoms with E-state index in [1.54, 1.807) is 11.0 Å². The maximum Gasteiger partial charge on any atom is 0.317 e. The third-order valence-corrected chi connectivity index (χ3v) is 7.36. The Bertz CT molecular complexity index is 639.